The van der Waals surface area contributed by atoms with Crippen LogP contribution in [0.3, 0.4) is 0 Å². The van der Waals surface area contributed by atoms with Gasteiger partial charge < -0.3 is 44.7 Å². The second kappa shape index (κ2) is 29.7. The zero-order valence-corrected chi connectivity index (χ0v) is 51.5. The summed E-state index contributed by atoms with van der Waals surface area (Å²) in [5.41, 5.74) is 1.04. The molecule has 33 heteroatoms. The zero-order chi connectivity index (χ0) is 63.5. The molecule has 9 rings (SSSR count). The monoisotopic (exact) mass is 1290 g/mol. The molecule has 6 N–H and O–H groups in total. The topological polar surface area (TPSA) is 382 Å². The largest absolute Gasteiger partial charge is 0.474 e. The van der Waals surface area contributed by atoms with Gasteiger partial charge in [0.05, 0.1) is 32.1 Å². The number of anilines is 2. The van der Waals surface area contributed by atoms with Crippen LogP contribution >= 0.6 is 27.3 Å². The molecule has 2 bridgehead atoms. The lowest BCUT2D eigenvalue weighted by Crippen LogP contribution is -2.53. The van der Waals surface area contributed by atoms with Crippen molar-refractivity contribution in [3.8, 4) is 5.88 Å². The van der Waals surface area contributed by atoms with E-state index in [0.717, 1.165) is 4.90 Å². The van der Waals surface area contributed by atoms with Crippen molar-refractivity contribution in [2.45, 2.75) is 128 Å². The third-order valence-corrected chi connectivity index (χ3v) is 17.5. The summed E-state index contributed by atoms with van der Waals surface area (Å²) < 4.78 is 69.1. The Balaban J connectivity index is 0.741. The van der Waals surface area contributed by atoms with Gasteiger partial charge in [-0.1, -0.05) is 68.9 Å². The van der Waals surface area contributed by atoms with Crippen molar-refractivity contribution in [1.29, 1.82) is 0 Å². The van der Waals surface area contributed by atoms with Crippen molar-refractivity contribution in [2.75, 3.05) is 37.4 Å². The van der Waals surface area contributed by atoms with Gasteiger partial charge in [-0.15, -0.1) is 0 Å². The van der Waals surface area contributed by atoms with Gasteiger partial charge in [0.1, 0.15) is 49.4 Å². The minimum atomic E-state index is -4.14. The third kappa shape index (κ3) is 17.4. The smallest absolute Gasteiger partial charge is 0.410 e. The lowest BCUT2D eigenvalue weighted by Gasteiger charge is -2.24. The number of carbonyl (C=O) groups is 7. The minimum Gasteiger partial charge on any atom is -0.474 e. The Morgan fingerprint density at radius 1 is 0.910 bits per heavy atom. The average Bonchev–Trinajstić information content (AvgIpc) is 1.84. The molecule has 3 fully saturated rings. The lowest BCUT2D eigenvalue weighted by atomic mass is 10.0. The molecular formula is C56H68N12O18P2S. The molecule has 11 atom stereocenters. The number of rotatable bonds is 22. The van der Waals surface area contributed by atoms with Crippen LogP contribution in [0, 0.1) is 11.8 Å². The maximum atomic E-state index is 13.7. The molecule has 1 saturated carbocycles. The number of nitrogens with one attached hydrogen (secondary N) is 5. The Kier molecular flexibility index (Phi) is 21.9. The van der Waals surface area contributed by atoms with Gasteiger partial charge in [-0.3, -0.25) is 71.5 Å². The van der Waals surface area contributed by atoms with Crippen molar-refractivity contribution in [3.05, 3.63) is 113 Å². The second-order valence-electron chi connectivity index (χ2n) is 21.9. The van der Waals surface area contributed by atoms with Crippen LogP contribution in [-0.4, -0.2) is 155 Å². The highest BCUT2D eigenvalue weighted by molar-refractivity contribution is 8.44. The van der Waals surface area contributed by atoms with E-state index in [2.05, 4.69) is 58.4 Å². The number of H-pyrrole nitrogens is 1. The quantitative estimate of drug-likeness (QED) is 0.0220. The van der Waals surface area contributed by atoms with E-state index in [0.29, 0.717) is 53.9 Å². The number of imide groups is 1. The van der Waals surface area contributed by atoms with Crippen LogP contribution in [-0.2, 0) is 85.0 Å². The molecule has 2 unspecified atom stereocenters. The molecule has 1 aliphatic carbocycles. The van der Waals surface area contributed by atoms with Gasteiger partial charge in [0, 0.05) is 69.0 Å². The number of nitrogens with zero attached hydrogens (tertiary/aromatic N) is 7. The van der Waals surface area contributed by atoms with Gasteiger partial charge in [0.2, 0.25) is 35.5 Å². The number of aliphatic hydroxyl groups is 1. The van der Waals surface area contributed by atoms with E-state index in [1.165, 1.54) is 54.4 Å². The summed E-state index contributed by atoms with van der Waals surface area (Å²) in [5, 5.41) is 22.2. The molecule has 3 aromatic heterocycles. The van der Waals surface area contributed by atoms with Crippen LogP contribution in [0.2, 0.25) is 0 Å². The van der Waals surface area contributed by atoms with Crippen molar-refractivity contribution in [3.63, 3.8) is 0 Å². The molecule has 6 heterocycles. The normalized spacial score (nSPS) is 24.2. The first-order valence-electron chi connectivity index (χ1n) is 28.6. The molecule has 2 saturated heterocycles. The van der Waals surface area contributed by atoms with Crippen LogP contribution in [0.15, 0.2) is 90.4 Å². The fourth-order valence-corrected chi connectivity index (χ4v) is 12.8. The lowest BCUT2D eigenvalue weighted by molar-refractivity contribution is -0.137. The average molecular weight is 1290 g/mol. The van der Waals surface area contributed by atoms with Crippen LogP contribution < -0.4 is 31.6 Å². The highest BCUT2D eigenvalue weighted by Crippen LogP contribution is 2.57. The number of fused-ring (bicyclic) bond motifs is 4. The number of hydrogen-bond donors (Lipinski definition) is 7. The van der Waals surface area contributed by atoms with Gasteiger partial charge in [0.25, 0.3) is 17.4 Å². The van der Waals surface area contributed by atoms with E-state index in [-0.39, 0.29) is 86.3 Å². The summed E-state index contributed by atoms with van der Waals surface area (Å²) in [7, 11) is -1.89. The van der Waals surface area contributed by atoms with E-state index in [9.17, 15) is 52.6 Å². The SMILES string of the molecule is CC(C)C(NC(=O)CCCCCN1C(=O)C=CC1=O)C(=O)N[C@@H](C)C(=O)Nc1ccc(COC(=O)N(C)Cc2ccccc2CC(=O)Nc2nc3c(ncn3[C@@H]3O[C@@H]4CO[P@@](=O)(S)O[C@H]5C[C@H](Oc6ccncn6)C[C@@H]5CO[PH](=O)O[C@@H]3[C@@H]4O)c(=O)[nH]2)cc1. The van der Waals surface area contributed by atoms with Crippen molar-refractivity contribution in [1.82, 2.24) is 49.9 Å². The molecule has 0 spiro atoms. The minimum absolute atomic E-state index is 0.0273. The second-order valence-corrected chi connectivity index (χ2v) is 25.8. The zero-order valence-electron chi connectivity index (χ0n) is 48.8. The standard InChI is InChI=1S/C56H68N12O18P2S/c1-31(2)46(62-41(69)12-6-5-9-21-67-44(71)17-18-45(67)72)52(75)60-32(3)51(74)61-37-15-13-33(14-16-37)26-80-56(77)66(4)25-35-11-8-7-10-34(35)23-42(70)63-55-64-50-47(53(76)65-55)59-30-68(50)54-49-48(73)40(84-54)28-82-88(79,89)86-39-24-38(83-43-19-20-57-29-58-43)22-36(39)27-81-87(78)85-49/h7-8,10-11,13-20,29-32,36,38-40,46,48-49,54,73,87H,5-6,9,12,21-28H2,1-4H3,(H,60,75)(H,61,74)(H,62,69)(H,79,89)(H2,63,64,65,70,76)/t32-,36+,38+,39-,40+,46?,48+,49+,54+,88+/m0/s1. The Morgan fingerprint density at radius 3 is 2.39 bits per heavy atom. The first-order valence-corrected chi connectivity index (χ1v) is 32.5. The Bertz CT molecular complexity index is 3560. The van der Waals surface area contributed by atoms with E-state index < -0.39 is 106 Å². The Morgan fingerprint density at radius 2 is 1.66 bits per heavy atom. The molecule has 476 valence electrons. The number of aromatic nitrogens is 6. The summed E-state index contributed by atoms with van der Waals surface area (Å²) in [6.45, 7) is 0.332. The molecular weight excluding hydrogens is 1220 g/mol. The number of aromatic amines is 1. The third-order valence-electron chi connectivity index (χ3n) is 15.0. The Labute approximate surface area is 515 Å². The number of imidazole rings is 1. The van der Waals surface area contributed by atoms with Gasteiger partial charge in [-0.25, -0.2) is 24.3 Å². The molecule has 3 aliphatic heterocycles. The summed E-state index contributed by atoms with van der Waals surface area (Å²) in [6.07, 6.45) is 0.959. The van der Waals surface area contributed by atoms with E-state index in [1.807, 2.05) is 0 Å². The maximum Gasteiger partial charge on any atom is 0.410 e. The fourth-order valence-electron chi connectivity index (χ4n) is 10.3. The highest BCUT2D eigenvalue weighted by Gasteiger charge is 2.49. The molecule has 2 aromatic carbocycles. The number of aliphatic hydroxyl groups excluding tert-OH is 1. The van der Waals surface area contributed by atoms with Crippen LogP contribution in [0.1, 0.15) is 82.2 Å². The first-order chi connectivity index (χ1) is 42.6. The van der Waals surface area contributed by atoms with Crippen molar-refractivity contribution < 1.29 is 80.1 Å². The Hall–Kier alpha value is -7.73. The number of benzene rings is 2. The summed E-state index contributed by atoms with van der Waals surface area (Å²) in [5.74, 6) is -3.51. The number of unbranched alkanes of at least 4 members (excludes halogenated alkanes) is 2. The maximum absolute atomic E-state index is 13.7. The fraction of sp³-hybridized carbons (Fsp3) is 0.464. The number of ether oxygens (including phenoxy) is 3. The van der Waals surface area contributed by atoms with Gasteiger partial charge >= 0.3 is 21.1 Å². The molecule has 0 radical (unpaired) electrons. The van der Waals surface area contributed by atoms with Crippen molar-refractivity contribution >= 4 is 91.6 Å². The van der Waals surface area contributed by atoms with Gasteiger partial charge in [0.15, 0.2) is 17.4 Å². The molecule has 89 heavy (non-hydrogen) atoms. The van der Waals surface area contributed by atoms with Crippen LogP contribution in [0.5, 0.6) is 5.88 Å². The predicted molar refractivity (Wildman–Crippen MR) is 319 cm³/mol. The van der Waals surface area contributed by atoms with Crippen molar-refractivity contribution in [2.24, 2.45) is 11.8 Å². The number of amides is 7. The molecule has 30 nitrogen and oxygen atoms in total. The number of thiol groups is 1. The van der Waals surface area contributed by atoms with E-state index >= 15 is 0 Å². The molecule has 5 aromatic rings. The first kappa shape index (κ1) is 65.7. The summed E-state index contributed by atoms with van der Waals surface area (Å²) in [4.78, 5) is 125. The van der Waals surface area contributed by atoms with Crippen LogP contribution in [0.25, 0.3) is 11.2 Å². The van der Waals surface area contributed by atoms with E-state index in [1.54, 1.807) is 68.4 Å². The summed E-state index contributed by atoms with van der Waals surface area (Å²) >= 11 is 4.20. The predicted octanol–water partition coefficient (Wildman–Crippen LogP) is 4.29. The van der Waals surface area contributed by atoms with E-state index in [4.69, 9.17) is 32.3 Å². The highest BCUT2D eigenvalue weighted by atomic mass is 32.7. The summed E-state index contributed by atoms with van der Waals surface area (Å²) in [6, 6.07) is 13.0. The number of hydrogen-bond acceptors (Lipinski definition) is 22. The van der Waals surface area contributed by atoms with Gasteiger partial charge in [-0.05, 0) is 60.9 Å². The molecule has 4 aliphatic rings. The number of carbonyl (C=O) groups excluding carboxylic acids is 7. The van der Waals surface area contributed by atoms with Crippen LogP contribution in [0.4, 0.5) is 16.4 Å². The molecule has 7 amide bonds. The van der Waals surface area contributed by atoms with Gasteiger partial charge in [-0.2, -0.15) is 4.98 Å².